The largest absolute Gasteiger partial charge is 0.379 e. The predicted molar refractivity (Wildman–Crippen MR) is 84.0 cm³/mol. The Morgan fingerprint density at radius 1 is 1.38 bits per heavy atom. The lowest BCUT2D eigenvalue weighted by Gasteiger charge is -2.26. The average Bonchev–Trinajstić information content (AvgIpc) is 2.50. The molecule has 21 heavy (non-hydrogen) atoms. The van der Waals surface area contributed by atoms with E-state index < -0.39 is 6.04 Å². The lowest BCUT2D eigenvalue weighted by Crippen LogP contribution is -2.35. The van der Waals surface area contributed by atoms with Crippen molar-refractivity contribution in [2.45, 2.75) is 19.0 Å². The molecule has 0 bridgehead atoms. The summed E-state index contributed by atoms with van der Waals surface area (Å²) in [6, 6.07) is 7.34. The number of nitrogens with one attached hydrogen (secondary N) is 1. The van der Waals surface area contributed by atoms with Crippen LogP contribution in [0, 0.1) is 0 Å². The highest BCUT2D eigenvalue weighted by Crippen LogP contribution is 2.13. The Morgan fingerprint density at radius 3 is 2.67 bits per heavy atom. The van der Waals surface area contributed by atoms with Crippen LogP contribution < -0.4 is 11.1 Å². The highest BCUT2D eigenvalue weighted by molar-refractivity contribution is 5.94. The molecule has 1 aliphatic rings. The van der Waals surface area contributed by atoms with Crippen LogP contribution in [0.4, 0.5) is 5.69 Å². The average molecular weight is 289 g/mol. The third kappa shape index (κ3) is 4.97. The van der Waals surface area contributed by atoms with Crippen LogP contribution in [-0.2, 0) is 16.1 Å². The topological polar surface area (TPSA) is 67.6 Å². The number of carbonyl (C=O) groups is 1. The van der Waals surface area contributed by atoms with E-state index in [1.54, 1.807) is 6.08 Å². The minimum atomic E-state index is -0.546. The second kappa shape index (κ2) is 7.93. The number of ether oxygens (including phenoxy) is 1. The maximum absolute atomic E-state index is 11.8. The molecule has 114 valence electrons. The molecule has 0 spiro atoms. The fourth-order valence-electron chi connectivity index (χ4n) is 2.23. The third-order valence-electron chi connectivity index (χ3n) is 3.49. The third-order valence-corrected chi connectivity index (χ3v) is 3.49. The number of amides is 1. The van der Waals surface area contributed by atoms with Crippen LogP contribution in [0.1, 0.15) is 12.0 Å². The Morgan fingerprint density at radius 2 is 2.05 bits per heavy atom. The molecule has 1 aromatic rings. The molecule has 1 amide bonds. The van der Waals surface area contributed by atoms with Crippen LogP contribution >= 0.6 is 0 Å². The van der Waals surface area contributed by atoms with Crippen LogP contribution in [0.2, 0.25) is 0 Å². The van der Waals surface area contributed by atoms with Gasteiger partial charge in [-0.15, -0.1) is 6.58 Å². The summed E-state index contributed by atoms with van der Waals surface area (Å²) in [6.45, 7) is 8.03. The number of benzene rings is 1. The van der Waals surface area contributed by atoms with Crippen LogP contribution in [0.5, 0.6) is 0 Å². The molecule has 1 aliphatic heterocycles. The maximum Gasteiger partial charge on any atom is 0.241 e. The van der Waals surface area contributed by atoms with Crippen molar-refractivity contribution >= 4 is 11.6 Å². The fourth-order valence-corrected chi connectivity index (χ4v) is 2.23. The van der Waals surface area contributed by atoms with Crippen LogP contribution in [0.15, 0.2) is 36.9 Å². The number of rotatable bonds is 6. The molecule has 3 N–H and O–H groups in total. The Labute approximate surface area is 125 Å². The summed E-state index contributed by atoms with van der Waals surface area (Å²) < 4.78 is 5.33. The molecular formula is C16H23N3O2. The van der Waals surface area contributed by atoms with Crippen LogP contribution in [0.3, 0.4) is 0 Å². The molecule has 0 saturated carbocycles. The number of morpholine rings is 1. The molecule has 0 radical (unpaired) electrons. The molecule has 1 saturated heterocycles. The van der Waals surface area contributed by atoms with E-state index in [9.17, 15) is 4.79 Å². The number of nitrogens with two attached hydrogens (primary N) is 1. The quantitative estimate of drug-likeness (QED) is 0.776. The summed E-state index contributed by atoms with van der Waals surface area (Å²) in [4.78, 5) is 14.2. The van der Waals surface area contributed by atoms with Crippen LogP contribution in [-0.4, -0.2) is 43.2 Å². The molecular weight excluding hydrogens is 266 g/mol. The highest BCUT2D eigenvalue weighted by atomic mass is 16.5. The van der Waals surface area contributed by atoms with E-state index in [0.29, 0.717) is 6.42 Å². The first-order chi connectivity index (χ1) is 10.2. The van der Waals surface area contributed by atoms with Gasteiger partial charge in [-0.1, -0.05) is 18.2 Å². The van der Waals surface area contributed by atoms with Gasteiger partial charge in [0.05, 0.1) is 19.3 Å². The van der Waals surface area contributed by atoms with Crippen molar-refractivity contribution in [3.8, 4) is 0 Å². The molecule has 1 fully saturated rings. The van der Waals surface area contributed by atoms with Gasteiger partial charge in [-0.2, -0.15) is 0 Å². The zero-order valence-corrected chi connectivity index (χ0v) is 12.3. The number of anilines is 1. The smallest absolute Gasteiger partial charge is 0.241 e. The predicted octanol–water partition coefficient (Wildman–Crippen LogP) is 1.36. The summed E-state index contributed by atoms with van der Waals surface area (Å²) in [5.74, 6) is -0.184. The molecule has 5 heteroatoms. The fraction of sp³-hybridized carbons (Fsp3) is 0.438. The lowest BCUT2D eigenvalue weighted by atomic mass is 10.1. The Balaban J connectivity index is 1.86. The van der Waals surface area contributed by atoms with Gasteiger partial charge in [0.1, 0.15) is 0 Å². The Kier molecular flexibility index (Phi) is 5.92. The van der Waals surface area contributed by atoms with Gasteiger partial charge in [-0.25, -0.2) is 0 Å². The van der Waals surface area contributed by atoms with Crippen molar-refractivity contribution in [2.24, 2.45) is 5.73 Å². The summed E-state index contributed by atoms with van der Waals surface area (Å²) in [7, 11) is 0. The molecule has 5 nitrogen and oxygen atoms in total. The zero-order valence-electron chi connectivity index (χ0n) is 12.3. The van der Waals surface area contributed by atoms with Gasteiger partial charge < -0.3 is 15.8 Å². The first-order valence-electron chi connectivity index (χ1n) is 7.25. The van der Waals surface area contributed by atoms with Crippen molar-refractivity contribution in [3.63, 3.8) is 0 Å². The van der Waals surface area contributed by atoms with Gasteiger partial charge in [-0.05, 0) is 24.1 Å². The first-order valence-corrected chi connectivity index (χ1v) is 7.25. The van der Waals surface area contributed by atoms with E-state index in [-0.39, 0.29) is 5.91 Å². The minimum Gasteiger partial charge on any atom is -0.379 e. The minimum absolute atomic E-state index is 0.184. The van der Waals surface area contributed by atoms with Crippen molar-refractivity contribution in [1.29, 1.82) is 0 Å². The molecule has 2 rings (SSSR count). The lowest BCUT2D eigenvalue weighted by molar-refractivity contribution is -0.117. The second-order valence-electron chi connectivity index (χ2n) is 5.21. The number of carbonyl (C=O) groups excluding carboxylic acids is 1. The van der Waals surface area contributed by atoms with Crippen molar-refractivity contribution in [3.05, 3.63) is 42.5 Å². The van der Waals surface area contributed by atoms with E-state index in [1.165, 1.54) is 5.56 Å². The van der Waals surface area contributed by atoms with Gasteiger partial charge in [0.2, 0.25) is 5.91 Å². The van der Waals surface area contributed by atoms with Gasteiger partial charge in [-0.3, -0.25) is 9.69 Å². The van der Waals surface area contributed by atoms with Gasteiger partial charge in [0, 0.05) is 25.3 Å². The summed E-state index contributed by atoms with van der Waals surface area (Å²) in [6.07, 6.45) is 2.12. The molecule has 1 aromatic carbocycles. The first kappa shape index (κ1) is 15.7. The van der Waals surface area contributed by atoms with E-state index in [4.69, 9.17) is 10.5 Å². The normalized spacial score (nSPS) is 17.2. The van der Waals surface area contributed by atoms with Gasteiger partial charge in [0.15, 0.2) is 0 Å². The van der Waals surface area contributed by atoms with E-state index >= 15 is 0 Å². The SMILES string of the molecule is C=CCC(N)C(=O)Nc1ccc(CN2CCOCC2)cc1. The van der Waals surface area contributed by atoms with Crippen molar-refractivity contribution in [2.75, 3.05) is 31.6 Å². The van der Waals surface area contributed by atoms with E-state index in [0.717, 1.165) is 38.5 Å². The van der Waals surface area contributed by atoms with Gasteiger partial charge >= 0.3 is 0 Å². The highest BCUT2D eigenvalue weighted by Gasteiger charge is 2.12. The monoisotopic (exact) mass is 289 g/mol. The molecule has 1 unspecified atom stereocenters. The van der Waals surface area contributed by atoms with Gasteiger partial charge in [0.25, 0.3) is 0 Å². The van der Waals surface area contributed by atoms with E-state index in [1.807, 2.05) is 24.3 Å². The number of hydrogen-bond acceptors (Lipinski definition) is 4. The van der Waals surface area contributed by atoms with E-state index in [2.05, 4.69) is 16.8 Å². The number of hydrogen-bond donors (Lipinski definition) is 2. The molecule has 1 atom stereocenters. The van der Waals surface area contributed by atoms with Crippen molar-refractivity contribution in [1.82, 2.24) is 4.90 Å². The zero-order chi connectivity index (χ0) is 15.1. The molecule has 0 aliphatic carbocycles. The Bertz CT molecular complexity index is 467. The standard InChI is InChI=1S/C16H23N3O2/c1-2-3-15(17)16(20)18-14-6-4-13(5-7-14)12-19-8-10-21-11-9-19/h2,4-7,15H,1,3,8-12,17H2,(H,18,20). The molecule has 1 heterocycles. The number of nitrogens with zero attached hydrogens (tertiary/aromatic N) is 1. The van der Waals surface area contributed by atoms with Crippen molar-refractivity contribution < 1.29 is 9.53 Å². The second-order valence-corrected chi connectivity index (χ2v) is 5.21. The summed E-state index contributed by atoms with van der Waals surface area (Å²) in [5.41, 5.74) is 7.72. The Hall–Kier alpha value is -1.69. The molecule has 0 aromatic heterocycles. The van der Waals surface area contributed by atoms with Crippen LogP contribution in [0.25, 0.3) is 0 Å². The summed E-state index contributed by atoms with van der Waals surface area (Å²) >= 11 is 0. The summed E-state index contributed by atoms with van der Waals surface area (Å²) in [5, 5.41) is 2.81. The maximum atomic E-state index is 11.8.